The monoisotopic (exact) mass is 462 g/mol. The summed E-state index contributed by atoms with van der Waals surface area (Å²) in [4.78, 5) is 25.2. The van der Waals surface area contributed by atoms with Crippen LogP contribution in [0.25, 0.3) is 0 Å². The molecule has 2 N–H and O–H groups in total. The van der Waals surface area contributed by atoms with Crippen LogP contribution in [0.5, 0.6) is 0 Å². The Morgan fingerprint density at radius 2 is 1.77 bits per heavy atom. The Morgan fingerprint density at radius 1 is 1.10 bits per heavy atom. The summed E-state index contributed by atoms with van der Waals surface area (Å²) in [5.41, 5.74) is 2.39. The number of benzene rings is 2. The average Bonchev–Trinajstić information content (AvgIpc) is 2.70. The van der Waals surface area contributed by atoms with E-state index >= 15 is 0 Å². The summed E-state index contributed by atoms with van der Waals surface area (Å²) in [6.45, 7) is 5.45. The molecule has 1 aliphatic rings. The lowest BCUT2D eigenvalue weighted by Gasteiger charge is -2.29. The summed E-state index contributed by atoms with van der Waals surface area (Å²) in [5, 5.41) is 5.65. The van der Waals surface area contributed by atoms with E-state index in [2.05, 4.69) is 10.6 Å². The highest BCUT2D eigenvalue weighted by molar-refractivity contribution is 7.91. The number of nitrogens with one attached hydrogen (secondary N) is 2. The third-order valence-corrected chi connectivity index (χ3v) is 6.92. The van der Waals surface area contributed by atoms with E-state index in [0.29, 0.717) is 10.6 Å². The van der Waals surface area contributed by atoms with Crippen LogP contribution < -0.4 is 10.6 Å². The molecule has 0 radical (unpaired) electrons. The van der Waals surface area contributed by atoms with E-state index in [-0.39, 0.29) is 22.8 Å². The van der Waals surface area contributed by atoms with Crippen molar-refractivity contribution >= 4 is 33.4 Å². The highest BCUT2D eigenvalue weighted by Gasteiger charge is 2.35. The van der Waals surface area contributed by atoms with Gasteiger partial charge in [-0.05, 0) is 61.7 Å². The quantitative estimate of drug-likeness (QED) is 0.638. The van der Waals surface area contributed by atoms with Crippen molar-refractivity contribution in [2.45, 2.75) is 31.7 Å². The van der Waals surface area contributed by atoms with Crippen LogP contribution in [0.3, 0.4) is 0 Å². The molecule has 2 aromatic carbocycles. The van der Waals surface area contributed by atoms with E-state index in [0.717, 1.165) is 11.1 Å². The molecule has 0 unspecified atom stereocenters. The lowest BCUT2D eigenvalue weighted by atomic mass is 9.95. The Kier molecular flexibility index (Phi) is 6.71. The number of urea groups is 1. The van der Waals surface area contributed by atoms with Crippen molar-refractivity contribution in [3.05, 3.63) is 75.4 Å². The SMILES string of the molecule is CCOC(=O)C1=C(CS(=O)(=O)c2ccc(C)c(C)c2)NC(=O)N[C@@H]1c1ccc(Cl)cc1. The lowest BCUT2D eigenvalue weighted by molar-refractivity contribution is -0.139. The number of ether oxygens (including phenoxy) is 1. The summed E-state index contributed by atoms with van der Waals surface area (Å²) in [7, 11) is -3.85. The zero-order valence-electron chi connectivity index (χ0n) is 17.4. The van der Waals surface area contributed by atoms with E-state index in [4.69, 9.17) is 16.3 Å². The molecular weight excluding hydrogens is 440 g/mol. The van der Waals surface area contributed by atoms with Crippen LogP contribution in [0.1, 0.15) is 29.7 Å². The zero-order valence-corrected chi connectivity index (χ0v) is 18.9. The Balaban J connectivity index is 2.10. The van der Waals surface area contributed by atoms with Crippen LogP contribution in [0.4, 0.5) is 4.79 Å². The Morgan fingerprint density at radius 3 is 2.39 bits per heavy atom. The largest absolute Gasteiger partial charge is 0.463 e. The van der Waals surface area contributed by atoms with Gasteiger partial charge in [0.1, 0.15) is 0 Å². The van der Waals surface area contributed by atoms with Gasteiger partial charge >= 0.3 is 12.0 Å². The molecule has 1 heterocycles. The molecule has 0 bridgehead atoms. The first-order valence-electron chi connectivity index (χ1n) is 9.65. The molecule has 7 nitrogen and oxygen atoms in total. The number of carbonyl (C=O) groups is 2. The predicted molar refractivity (Wildman–Crippen MR) is 117 cm³/mol. The van der Waals surface area contributed by atoms with Crippen molar-refractivity contribution in [1.82, 2.24) is 10.6 Å². The van der Waals surface area contributed by atoms with Crippen LogP contribution in [-0.4, -0.2) is 32.8 Å². The van der Waals surface area contributed by atoms with Gasteiger partial charge in [0.05, 0.1) is 28.9 Å². The Hall–Kier alpha value is -2.84. The first-order valence-corrected chi connectivity index (χ1v) is 11.7. The molecule has 0 aromatic heterocycles. The summed E-state index contributed by atoms with van der Waals surface area (Å²) >= 11 is 5.95. The standard InChI is InChI=1S/C22H23ClN2O5S/c1-4-30-21(26)19-18(12-31(28,29)17-10-5-13(2)14(3)11-17)24-22(27)25-20(19)15-6-8-16(23)9-7-15/h5-11,20H,4,12H2,1-3H3,(H2,24,25,27)/t20-/m1/s1. The topological polar surface area (TPSA) is 102 Å². The molecule has 0 spiro atoms. The molecule has 31 heavy (non-hydrogen) atoms. The molecule has 0 saturated heterocycles. The number of hydrogen-bond acceptors (Lipinski definition) is 5. The second kappa shape index (κ2) is 9.11. The number of esters is 1. The van der Waals surface area contributed by atoms with Gasteiger partial charge in [0.25, 0.3) is 0 Å². The van der Waals surface area contributed by atoms with E-state index < -0.39 is 33.6 Å². The second-order valence-corrected chi connectivity index (χ2v) is 9.63. The van der Waals surface area contributed by atoms with Gasteiger partial charge in [-0.3, -0.25) is 0 Å². The molecule has 3 rings (SSSR count). The van der Waals surface area contributed by atoms with Crippen molar-refractivity contribution in [2.75, 3.05) is 12.4 Å². The number of carbonyl (C=O) groups excluding carboxylic acids is 2. The normalized spacial score (nSPS) is 16.5. The van der Waals surface area contributed by atoms with Gasteiger partial charge in [-0.1, -0.05) is 29.8 Å². The Labute approximate surface area is 186 Å². The maximum absolute atomic E-state index is 13.1. The molecule has 1 aliphatic heterocycles. The van der Waals surface area contributed by atoms with Gasteiger partial charge in [-0.2, -0.15) is 0 Å². The van der Waals surface area contributed by atoms with Crippen molar-refractivity contribution in [3.8, 4) is 0 Å². The number of rotatable bonds is 6. The van der Waals surface area contributed by atoms with E-state index in [1.165, 1.54) is 6.07 Å². The molecule has 0 aliphatic carbocycles. The van der Waals surface area contributed by atoms with Gasteiger partial charge in [0.15, 0.2) is 9.84 Å². The fourth-order valence-electron chi connectivity index (χ4n) is 3.27. The zero-order chi connectivity index (χ0) is 22.8. The van der Waals surface area contributed by atoms with Crippen LogP contribution in [0.15, 0.2) is 58.6 Å². The lowest BCUT2D eigenvalue weighted by Crippen LogP contribution is -2.47. The minimum Gasteiger partial charge on any atom is -0.463 e. The highest BCUT2D eigenvalue weighted by atomic mass is 35.5. The molecule has 0 fully saturated rings. The molecule has 2 amide bonds. The van der Waals surface area contributed by atoms with Gasteiger partial charge in [0.2, 0.25) is 0 Å². The minimum absolute atomic E-state index is 0.0135. The smallest absolute Gasteiger partial charge is 0.338 e. The minimum atomic E-state index is -3.85. The summed E-state index contributed by atoms with van der Waals surface area (Å²) in [6, 6.07) is 9.89. The number of aryl methyl sites for hydroxylation is 2. The van der Waals surface area contributed by atoms with Crippen molar-refractivity contribution < 1.29 is 22.7 Å². The van der Waals surface area contributed by atoms with Crippen LogP contribution in [-0.2, 0) is 19.4 Å². The maximum atomic E-state index is 13.1. The molecule has 1 atom stereocenters. The van der Waals surface area contributed by atoms with Crippen molar-refractivity contribution in [2.24, 2.45) is 0 Å². The average molecular weight is 463 g/mol. The van der Waals surface area contributed by atoms with E-state index in [1.54, 1.807) is 43.3 Å². The first kappa shape index (κ1) is 22.8. The molecule has 0 saturated carbocycles. The number of halogens is 1. The van der Waals surface area contributed by atoms with Crippen LogP contribution in [0, 0.1) is 13.8 Å². The van der Waals surface area contributed by atoms with E-state index in [1.807, 2.05) is 13.8 Å². The molecule has 164 valence electrons. The van der Waals surface area contributed by atoms with Crippen molar-refractivity contribution in [3.63, 3.8) is 0 Å². The van der Waals surface area contributed by atoms with Crippen LogP contribution in [0.2, 0.25) is 5.02 Å². The third kappa shape index (κ3) is 5.08. The highest BCUT2D eigenvalue weighted by Crippen LogP contribution is 2.30. The maximum Gasteiger partial charge on any atom is 0.338 e. The van der Waals surface area contributed by atoms with Gasteiger partial charge in [-0.15, -0.1) is 0 Å². The van der Waals surface area contributed by atoms with Gasteiger partial charge in [0, 0.05) is 10.7 Å². The third-order valence-electron chi connectivity index (χ3n) is 5.02. The number of sulfone groups is 1. The molecule has 2 aromatic rings. The predicted octanol–water partition coefficient (Wildman–Crippen LogP) is 3.60. The summed E-state index contributed by atoms with van der Waals surface area (Å²) < 4.78 is 31.4. The number of hydrogen-bond donors (Lipinski definition) is 2. The van der Waals surface area contributed by atoms with Crippen molar-refractivity contribution in [1.29, 1.82) is 0 Å². The van der Waals surface area contributed by atoms with E-state index in [9.17, 15) is 18.0 Å². The fourth-order valence-corrected chi connectivity index (χ4v) is 4.80. The van der Waals surface area contributed by atoms with Gasteiger partial charge < -0.3 is 15.4 Å². The summed E-state index contributed by atoms with van der Waals surface area (Å²) in [6.07, 6.45) is 0. The number of amides is 2. The summed E-state index contributed by atoms with van der Waals surface area (Å²) in [5.74, 6) is -1.26. The molecule has 9 heteroatoms. The van der Waals surface area contributed by atoms with Crippen LogP contribution >= 0.6 is 11.6 Å². The first-order chi connectivity index (χ1) is 14.6. The molecular formula is C22H23ClN2O5S. The second-order valence-electron chi connectivity index (χ2n) is 7.20. The fraction of sp³-hybridized carbons (Fsp3) is 0.273. The van der Waals surface area contributed by atoms with Gasteiger partial charge in [-0.25, -0.2) is 18.0 Å². The Bertz CT molecular complexity index is 1160.